The standard InChI is InChI=1S/C14H26O3S.C13H24O3S.CH3I.2CH4.Na.2O2.H/c1-13(2,10-16-3)18-11-14(12(15)17-4)8-6-5-7-9-14;1-12(2,9-14)17-10-13(11(15)16-3)7-5-4-6-8-13;1-2;;;;2*1-2;/h5-11H2,1-4H3;14H,4-10H2,1-3H3;1H3;2*1H4;;;;/q;;;;;+1;;;-1. The topological polar surface area (TPSA) is 150 Å². The van der Waals surface area contributed by atoms with Crippen LogP contribution in [-0.4, -0.2) is 77.5 Å². The second kappa shape index (κ2) is 32.1. The summed E-state index contributed by atoms with van der Waals surface area (Å²) in [5.74, 6) is 1.50. The van der Waals surface area contributed by atoms with E-state index in [4.69, 9.17) is 34.1 Å². The molecule has 0 unspecified atom stereocenters. The zero-order chi connectivity index (χ0) is 32.6. The van der Waals surface area contributed by atoms with Crippen molar-refractivity contribution >= 4 is 58.1 Å². The molecule has 0 amide bonds. The summed E-state index contributed by atoms with van der Waals surface area (Å²) < 4.78 is 15.1. The summed E-state index contributed by atoms with van der Waals surface area (Å²) in [4.78, 5) is 54.1. The van der Waals surface area contributed by atoms with E-state index in [-0.39, 0.29) is 84.7 Å². The Morgan fingerprint density at radius 2 is 1.00 bits per heavy atom. The minimum absolute atomic E-state index is 0. The summed E-state index contributed by atoms with van der Waals surface area (Å²) in [6, 6.07) is 0. The molecule has 2 rings (SSSR count). The first kappa shape index (κ1) is 56.8. The van der Waals surface area contributed by atoms with Gasteiger partial charge in [0.2, 0.25) is 0 Å². The molecule has 0 spiro atoms. The number of carbonyl (C=O) groups is 2. The molecule has 2 aliphatic carbocycles. The van der Waals surface area contributed by atoms with Crippen LogP contribution >= 0.6 is 46.1 Å². The zero-order valence-corrected chi connectivity index (χ0v) is 33.0. The van der Waals surface area contributed by atoms with Crippen molar-refractivity contribution in [3.8, 4) is 0 Å². The summed E-state index contributed by atoms with van der Waals surface area (Å²) >= 11 is 5.65. The molecule has 0 saturated heterocycles. The molecule has 2 fully saturated rings. The molecule has 0 aliphatic heterocycles. The predicted molar refractivity (Wildman–Crippen MR) is 195 cm³/mol. The van der Waals surface area contributed by atoms with Crippen LogP contribution in [0.2, 0.25) is 0 Å². The maximum atomic E-state index is 12.1. The summed E-state index contributed by atoms with van der Waals surface area (Å²) in [6.07, 6.45) is 10.7. The Hall–Kier alpha value is 0.490. The van der Waals surface area contributed by atoms with Crippen LogP contribution in [0.15, 0.2) is 0 Å². The number of ether oxygens (including phenoxy) is 3. The van der Waals surface area contributed by atoms with Crippen molar-refractivity contribution in [2.24, 2.45) is 10.8 Å². The van der Waals surface area contributed by atoms with E-state index in [9.17, 15) is 14.7 Å². The second-order valence-electron chi connectivity index (χ2n) is 11.4. The van der Waals surface area contributed by atoms with Crippen LogP contribution < -0.4 is 29.6 Å². The first-order valence-corrected chi connectivity index (χ1v) is 17.8. The van der Waals surface area contributed by atoms with Gasteiger partial charge in [0, 0.05) is 48.0 Å². The van der Waals surface area contributed by atoms with Gasteiger partial charge in [0.1, 0.15) is 0 Å². The number of rotatable bonds is 11. The van der Waals surface area contributed by atoms with Crippen molar-refractivity contribution in [3.05, 3.63) is 19.9 Å². The minimum atomic E-state index is -0.315. The molecule has 14 heteroatoms. The van der Waals surface area contributed by atoms with E-state index < -0.39 is 0 Å². The maximum absolute atomic E-state index is 12.1. The van der Waals surface area contributed by atoms with Gasteiger partial charge in [-0.1, -0.05) is 76.0 Å². The van der Waals surface area contributed by atoms with E-state index in [1.54, 1.807) is 18.9 Å². The van der Waals surface area contributed by atoms with Crippen LogP contribution in [-0.2, 0) is 23.8 Å². The van der Waals surface area contributed by atoms with Crippen LogP contribution in [0, 0.1) is 30.7 Å². The third-order valence-electron chi connectivity index (χ3n) is 7.21. The molecule has 0 atom stereocenters. The molecule has 262 valence electrons. The minimum Gasteiger partial charge on any atom is -1.00 e. The summed E-state index contributed by atoms with van der Waals surface area (Å²) in [5, 5.41) is 9.27. The molecule has 0 heterocycles. The van der Waals surface area contributed by atoms with Gasteiger partial charge >= 0.3 is 41.5 Å². The van der Waals surface area contributed by atoms with Crippen LogP contribution in [0.4, 0.5) is 0 Å². The Kier molecular flexibility index (Phi) is 41.4. The largest absolute Gasteiger partial charge is 1.00 e. The van der Waals surface area contributed by atoms with E-state index in [0.717, 1.165) is 62.9 Å². The Morgan fingerprint density at radius 1 is 0.705 bits per heavy atom. The van der Waals surface area contributed by atoms with Crippen molar-refractivity contribution in [2.75, 3.05) is 51.0 Å². The van der Waals surface area contributed by atoms with Gasteiger partial charge < -0.3 is 20.7 Å². The number of carbonyl (C=O) groups excluding carboxylic acids is 2. The van der Waals surface area contributed by atoms with E-state index in [1.165, 1.54) is 27.1 Å². The van der Waals surface area contributed by atoms with Gasteiger partial charge in [-0.25, -0.2) is 0 Å². The van der Waals surface area contributed by atoms with Crippen molar-refractivity contribution in [2.45, 2.75) is 116 Å². The van der Waals surface area contributed by atoms with Crippen LogP contribution in [0.25, 0.3) is 0 Å². The maximum Gasteiger partial charge on any atom is 1.00 e. The summed E-state index contributed by atoms with van der Waals surface area (Å²) in [7, 11) is 4.70. The number of halogens is 1. The predicted octanol–water partition coefficient (Wildman–Crippen LogP) is 5.46. The fourth-order valence-corrected chi connectivity index (χ4v) is 7.25. The Morgan fingerprint density at radius 3 is 1.25 bits per heavy atom. The van der Waals surface area contributed by atoms with Crippen LogP contribution in [0.5, 0.6) is 0 Å². The summed E-state index contributed by atoms with van der Waals surface area (Å²) in [5.41, 5.74) is -0.577. The Bertz CT molecular complexity index is 696. The third kappa shape index (κ3) is 22.1. The van der Waals surface area contributed by atoms with Crippen molar-refractivity contribution < 1.29 is 59.9 Å². The quantitative estimate of drug-likeness (QED) is 0.123. The van der Waals surface area contributed by atoms with E-state index >= 15 is 0 Å². The molecule has 0 radical (unpaired) electrons. The van der Waals surface area contributed by atoms with Gasteiger partial charge in [-0.3, -0.25) is 9.59 Å². The van der Waals surface area contributed by atoms with Crippen molar-refractivity contribution in [1.82, 2.24) is 0 Å². The van der Waals surface area contributed by atoms with E-state index in [2.05, 4.69) is 36.4 Å². The molecule has 2 saturated carbocycles. The Labute approximate surface area is 313 Å². The number of methoxy groups -OCH3 is 3. The second-order valence-corrected chi connectivity index (χ2v) is 14.7. The van der Waals surface area contributed by atoms with Gasteiger partial charge in [-0.2, -0.15) is 23.5 Å². The first-order valence-electron chi connectivity index (χ1n) is 13.7. The third-order valence-corrected chi connectivity index (χ3v) is 10.4. The molecule has 0 aromatic carbocycles. The normalized spacial score (nSPS) is 16.0. The van der Waals surface area contributed by atoms with Crippen LogP contribution in [0.3, 0.4) is 0 Å². The molecule has 2 aliphatic rings. The monoisotopic (exact) mass is 796 g/mol. The van der Waals surface area contributed by atoms with Gasteiger partial charge in [0.25, 0.3) is 0 Å². The molecular weight excluding hydrogens is 734 g/mol. The van der Waals surface area contributed by atoms with E-state index in [1.807, 2.05) is 30.5 Å². The molecule has 0 bridgehead atoms. The molecule has 44 heavy (non-hydrogen) atoms. The molecular formula is C30H62INaO10S2. The molecule has 1 N–H and O–H groups in total. The molecule has 0 aromatic heterocycles. The molecule has 10 nitrogen and oxygen atoms in total. The summed E-state index contributed by atoms with van der Waals surface area (Å²) in [6.45, 7) is 9.17. The smallest absolute Gasteiger partial charge is 1.00 e. The van der Waals surface area contributed by atoms with Gasteiger partial charge in [-0.05, 0) is 58.3 Å². The fraction of sp³-hybridized carbons (Fsp3) is 0.933. The van der Waals surface area contributed by atoms with E-state index in [0.29, 0.717) is 6.61 Å². The SMILES string of the molecule is C.C.CI.COC(=O)C1(CSC(C)(C)CO)CCCCC1.COCC(C)(C)SCC1(C(=O)OC)CCCCC1.O=O.O=O.[H-].[Na+]. The number of aliphatic hydroxyl groups is 1. The Balaban J connectivity index is -0.000000102. The first-order chi connectivity index (χ1) is 19.4. The average Bonchev–Trinajstić information content (AvgIpc) is 3.02. The van der Waals surface area contributed by atoms with Crippen LogP contribution in [0.1, 0.15) is 108 Å². The number of esters is 2. The number of aliphatic hydroxyl groups excluding tert-OH is 1. The average molecular weight is 797 g/mol. The van der Waals surface area contributed by atoms with Crippen molar-refractivity contribution in [1.29, 1.82) is 0 Å². The molecule has 0 aromatic rings. The number of thioether (sulfide) groups is 2. The van der Waals surface area contributed by atoms with Gasteiger partial charge in [0.15, 0.2) is 0 Å². The van der Waals surface area contributed by atoms with Crippen molar-refractivity contribution in [3.63, 3.8) is 0 Å². The fourth-order valence-electron chi connectivity index (χ4n) is 4.81. The number of hydrogen-bond acceptors (Lipinski definition) is 12. The van der Waals surface area contributed by atoms with Gasteiger partial charge in [-0.15, -0.1) is 0 Å². The zero-order valence-electron chi connectivity index (χ0n) is 28.2. The number of alkyl halides is 1. The number of hydrogen-bond donors (Lipinski definition) is 1. The van der Waals surface area contributed by atoms with Gasteiger partial charge in [0.05, 0.1) is 38.3 Å².